The van der Waals surface area contributed by atoms with Gasteiger partial charge >= 0.3 is 0 Å². The molecule has 0 aromatic carbocycles. The van der Waals surface area contributed by atoms with Crippen LogP contribution in [0.2, 0.25) is 0 Å². The standard InChI is InChI=1S/C11H16N4O2S2/c1-15-9(5-7-13-15)8-14-19(16,17)11-3-2-10(18-11)4-6-12/h2-3,5,7,14H,4,6,8,12H2,1H3. The molecule has 0 spiro atoms. The van der Waals surface area contributed by atoms with Gasteiger partial charge in [-0.05, 0) is 31.2 Å². The molecule has 19 heavy (non-hydrogen) atoms. The first kappa shape index (κ1) is 14.2. The van der Waals surface area contributed by atoms with E-state index >= 15 is 0 Å². The minimum atomic E-state index is -3.46. The molecule has 6 nitrogen and oxygen atoms in total. The molecule has 0 radical (unpaired) electrons. The fourth-order valence-electron chi connectivity index (χ4n) is 1.59. The van der Waals surface area contributed by atoms with Gasteiger partial charge in [-0.25, -0.2) is 13.1 Å². The Bertz CT molecular complexity index is 645. The zero-order chi connectivity index (χ0) is 13.9. The molecule has 0 saturated heterocycles. The van der Waals surface area contributed by atoms with E-state index in [-0.39, 0.29) is 6.54 Å². The Kier molecular flexibility index (Phi) is 4.35. The maximum absolute atomic E-state index is 12.1. The van der Waals surface area contributed by atoms with Crippen molar-refractivity contribution < 1.29 is 8.42 Å². The number of nitrogens with zero attached hydrogens (tertiary/aromatic N) is 2. The molecule has 8 heteroatoms. The molecule has 104 valence electrons. The largest absolute Gasteiger partial charge is 0.330 e. The fraction of sp³-hybridized carbons (Fsp3) is 0.364. The van der Waals surface area contributed by atoms with Crippen molar-refractivity contribution in [3.8, 4) is 0 Å². The molecule has 0 unspecified atom stereocenters. The number of rotatable bonds is 6. The van der Waals surface area contributed by atoms with Gasteiger partial charge in [-0.3, -0.25) is 4.68 Å². The molecule has 2 aromatic heterocycles. The summed E-state index contributed by atoms with van der Waals surface area (Å²) in [6, 6.07) is 5.19. The van der Waals surface area contributed by atoms with Gasteiger partial charge in [-0.1, -0.05) is 0 Å². The summed E-state index contributed by atoms with van der Waals surface area (Å²) < 4.78 is 28.7. The Morgan fingerprint density at radius 1 is 1.42 bits per heavy atom. The van der Waals surface area contributed by atoms with Gasteiger partial charge in [0.15, 0.2) is 0 Å². The Hall–Kier alpha value is -1.22. The number of sulfonamides is 1. The summed E-state index contributed by atoms with van der Waals surface area (Å²) in [5.41, 5.74) is 6.26. The molecule has 0 aliphatic carbocycles. The van der Waals surface area contributed by atoms with Crippen molar-refractivity contribution >= 4 is 21.4 Å². The van der Waals surface area contributed by atoms with Crippen LogP contribution in [0.25, 0.3) is 0 Å². The lowest BCUT2D eigenvalue weighted by atomic mass is 10.3. The van der Waals surface area contributed by atoms with E-state index < -0.39 is 10.0 Å². The van der Waals surface area contributed by atoms with Crippen molar-refractivity contribution in [1.29, 1.82) is 0 Å². The normalized spacial score (nSPS) is 11.9. The molecule has 0 atom stereocenters. The van der Waals surface area contributed by atoms with E-state index in [0.717, 1.165) is 10.6 Å². The molecule has 2 rings (SSSR count). The topological polar surface area (TPSA) is 90.0 Å². The Morgan fingerprint density at radius 3 is 2.84 bits per heavy atom. The minimum absolute atomic E-state index is 0.225. The number of hydrogen-bond donors (Lipinski definition) is 2. The van der Waals surface area contributed by atoms with Gasteiger partial charge in [-0.2, -0.15) is 5.10 Å². The highest BCUT2D eigenvalue weighted by Gasteiger charge is 2.16. The van der Waals surface area contributed by atoms with Gasteiger partial charge in [0.25, 0.3) is 0 Å². The molecule has 0 fully saturated rings. The Morgan fingerprint density at radius 2 is 2.21 bits per heavy atom. The van der Waals surface area contributed by atoms with Crippen LogP contribution in [0.5, 0.6) is 0 Å². The number of thiophene rings is 1. The van der Waals surface area contributed by atoms with Gasteiger partial charge < -0.3 is 5.73 Å². The van der Waals surface area contributed by atoms with Crippen LogP contribution >= 0.6 is 11.3 Å². The first-order valence-electron chi connectivity index (χ1n) is 5.78. The van der Waals surface area contributed by atoms with Crippen LogP contribution in [0.3, 0.4) is 0 Å². The highest BCUT2D eigenvalue weighted by Crippen LogP contribution is 2.21. The maximum atomic E-state index is 12.1. The predicted octanol–water partition coefficient (Wildman–Crippen LogP) is 0.461. The van der Waals surface area contributed by atoms with Crippen LogP contribution in [0, 0.1) is 0 Å². The van der Waals surface area contributed by atoms with Crippen LogP contribution < -0.4 is 10.5 Å². The first-order valence-corrected chi connectivity index (χ1v) is 8.08. The molecule has 0 bridgehead atoms. The summed E-state index contributed by atoms with van der Waals surface area (Å²) in [5.74, 6) is 0. The highest BCUT2D eigenvalue weighted by atomic mass is 32.2. The molecule has 2 heterocycles. The van der Waals surface area contributed by atoms with Crippen molar-refractivity contribution in [3.05, 3.63) is 35.0 Å². The average Bonchev–Trinajstić information content (AvgIpc) is 2.97. The van der Waals surface area contributed by atoms with Crippen molar-refractivity contribution in [2.45, 2.75) is 17.2 Å². The number of nitrogens with one attached hydrogen (secondary N) is 1. The summed E-state index contributed by atoms with van der Waals surface area (Å²) in [5, 5.41) is 3.99. The smallest absolute Gasteiger partial charge is 0.250 e. The first-order chi connectivity index (χ1) is 9.03. The highest BCUT2D eigenvalue weighted by molar-refractivity contribution is 7.91. The third-order valence-corrected chi connectivity index (χ3v) is 5.70. The second-order valence-corrected chi connectivity index (χ2v) is 7.19. The van der Waals surface area contributed by atoms with E-state index in [1.54, 1.807) is 36.1 Å². The lowest BCUT2D eigenvalue weighted by Gasteiger charge is -2.04. The quantitative estimate of drug-likeness (QED) is 0.811. The van der Waals surface area contributed by atoms with E-state index in [2.05, 4.69) is 9.82 Å². The van der Waals surface area contributed by atoms with Crippen molar-refractivity contribution in [3.63, 3.8) is 0 Å². The zero-order valence-corrected chi connectivity index (χ0v) is 12.2. The van der Waals surface area contributed by atoms with Gasteiger partial charge in [0, 0.05) is 18.1 Å². The van der Waals surface area contributed by atoms with Gasteiger partial charge in [-0.15, -0.1) is 11.3 Å². The summed E-state index contributed by atoms with van der Waals surface area (Å²) in [6.07, 6.45) is 2.33. The van der Waals surface area contributed by atoms with Crippen LogP contribution in [-0.4, -0.2) is 24.7 Å². The number of nitrogens with two attached hydrogens (primary N) is 1. The maximum Gasteiger partial charge on any atom is 0.250 e. The van der Waals surface area contributed by atoms with Gasteiger partial charge in [0.1, 0.15) is 4.21 Å². The zero-order valence-electron chi connectivity index (χ0n) is 10.5. The minimum Gasteiger partial charge on any atom is -0.330 e. The second-order valence-electron chi connectivity index (χ2n) is 4.03. The average molecular weight is 300 g/mol. The lowest BCUT2D eigenvalue weighted by molar-refractivity contribution is 0.579. The summed E-state index contributed by atoms with van der Waals surface area (Å²) in [7, 11) is -1.69. The van der Waals surface area contributed by atoms with Crippen molar-refractivity contribution in [2.24, 2.45) is 12.8 Å². The summed E-state index contributed by atoms with van der Waals surface area (Å²) in [6.45, 7) is 0.741. The summed E-state index contributed by atoms with van der Waals surface area (Å²) >= 11 is 1.25. The Labute approximate surface area is 116 Å². The van der Waals surface area contributed by atoms with Gasteiger partial charge in [0.05, 0.1) is 12.2 Å². The Balaban J connectivity index is 2.07. The molecule has 3 N–H and O–H groups in total. The lowest BCUT2D eigenvalue weighted by Crippen LogP contribution is -2.23. The molecular formula is C11H16N4O2S2. The molecular weight excluding hydrogens is 284 g/mol. The number of aryl methyl sites for hydroxylation is 1. The third kappa shape index (κ3) is 3.41. The van der Waals surface area contributed by atoms with Crippen LogP contribution in [0.1, 0.15) is 10.6 Å². The van der Waals surface area contributed by atoms with E-state index in [1.807, 2.05) is 0 Å². The van der Waals surface area contributed by atoms with Crippen molar-refractivity contribution in [1.82, 2.24) is 14.5 Å². The van der Waals surface area contributed by atoms with Gasteiger partial charge in [0.2, 0.25) is 10.0 Å². The molecule has 2 aromatic rings. The molecule has 0 saturated carbocycles. The van der Waals surface area contributed by atoms with Crippen LogP contribution in [-0.2, 0) is 30.0 Å². The second kappa shape index (κ2) is 5.83. The monoisotopic (exact) mass is 300 g/mol. The van der Waals surface area contributed by atoms with E-state index in [4.69, 9.17) is 5.73 Å². The SMILES string of the molecule is Cn1nccc1CNS(=O)(=O)c1ccc(CCN)s1. The van der Waals surface area contributed by atoms with Crippen LogP contribution in [0.15, 0.2) is 28.6 Å². The van der Waals surface area contributed by atoms with E-state index in [1.165, 1.54) is 11.3 Å². The van der Waals surface area contributed by atoms with Crippen LogP contribution in [0.4, 0.5) is 0 Å². The third-order valence-electron chi connectivity index (χ3n) is 2.66. The number of hydrogen-bond acceptors (Lipinski definition) is 5. The molecule has 0 amide bonds. The molecule has 0 aliphatic rings. The molecule has 0 aliphatic heterocycles. The summed E-state index contributed by atoms with van der Waals surface area (Å²) in [4.78, 5) is 0.975. The number of aromatic nitrogens is 2. The van der Waals surface area contributed by atoms with Crippen molar-refractivity contribution in [2.75, 3.05) is 6.54 Å². The predicted molar refractivity (Wildman–Crippen MR) is 74.3 cm³/mol. The fourth-order valence-corrected chi connectivity index (χ4v) is 4.01. The van der Waals surface area contributed by atoms with E-state index in [9.17, 15) is 8.42 Å². The van der Waals surface area contributed by atoms with E-state index in [0.29, 0.717) is 17.2 Å².